The van der Waals surface area contributed by atoms with Crippen molar-refractivity contribution in [3.8, 4) is 0 Å². The molecule has 1 aromatic heterocycles. The molecule has 0 amide bonds. The molecule has 1 N–H and O–H groups in total. The van der Waals surface area contributed by atoms with Crippen LogP contribution in [0, 0.1) is 12.8 Å². The minimum Gasteiger partial charge on any atom is -0.367 e. The molecule has 1 fully saturated rings. The van der Waals surface area contributed by atoms with Crippen molar-refractivity contribution in [1.82, 2.24) is 9.97 Å². The highest BCUT2D eigenvalue weighted by Crippen LogP contribution is 2.26. The summed E-state index contributed by atoms with van der Waals surface area (Å²) in [6.45, 7) is 4.16. The minimum atomic E-state index is 0.512. The quantitative estimate of drug-likeness (QED) is 0.804. The van der Waals surface area contributed by atoms with Crippen LogP contribution in [-0.4, -0.2) is 16.0 Å². The fourth-order valence-corrected chi connectivity index (χ4v) is 2.55. The van der Waals surface area contributed by atoms with E-state index in [9.17, 15) is 0 Å². The van der Waals surface area contributed by atoms with Gasteiger partial charge in [-0.25, -0.2) is 9.97 Å². The van der Waals surface area contributed by atoms with Crippen molar-refractivity contribution >= 4 is 17.4 Å². The number of nitrogens with zero attached hydrogens (tertiary/aromatic N) is 2. The summed E-state index contributed by atoms with van der Waals surface area (Å²) >= 11 is 5.91. The van der Waals surface area contributed by atoms with Crippen LogP contribution in [0.5, 0.6) is 0 Å². The van der Waals surface area contributed by atoms with Gasteiger partial charge in [0.25, 0.3) is 0 Å². The van der Waals surface area contributed by atoms with Gasteiger partial charge >= 0.3 is 0 Å². The fourth-order valence-electron chi connectivity index (χ4n) is 2.33. The third-order valence-corrected chi connectivity index (χ3v) is 3.45. The van der Waals surface area contributed by atoms with Crippen molar-refractivity contribution in [1.29, 1.82) is 0 Å². The monoisotopic (exact) mass is 239 g/mol. The molecule has 88 valence electrons. The molecule has 0 aliphatic heterocycles. The summed E-state index contributed by atoms with van der Waals surface area (Å²) in [6, 6.07) is 2.33. The van der Waals surface area contributed by atoms with Crippen LogP contribution in [-0.2, 0) is 0 Å². The Kier molecular flexibility index (Phi) is 3.64. The maximum atomic E-state index is 5.91. The second kappa shape index (κ2) is 5.00. The molecule has 16 heavy (non-hydrogen) atoms. The zero-order valence-electron chi connectivity index (χ0n) is 9.83. The summed E-state index contributed by atoms with van der Waals surface area (Å²) in [4.78, 5) is 8.42. The van der Waals surface area contributed by atoms with Gasteiger partial charge in [-0.15, -0.1) is 0 Å². The summed E-state index contributed by atoms with van der Waals surface area (Å²) in [6.07, 6.45) is 5.18. The number of aromatic nitrogens is 2. The third-order valence-electron chi connectivity index (χ3n) is 3.25. The Morgan fingerprint density at radius 1 is 1.31 bits per heavy atom. The number of anilines is 1. The molecule has 0 aromatic carbocycles. The highest BCUT2D eigenvalue weighted by atomic mass is 35.5. The summed E-state index contributed by atoms with van der Waals surface area (Å²) in [5, 5.41) is 3.99. The van der Waals surface area contributed by atoms with E-state index < -0.39 is 0 Å². The molecule has 1 aliphatic carbocycles. The van der Waals surface area contributed by atoms with Crippen molar-refractivity contribution in [3.63, 3.8) is 0 Å². The van der Waals surface area contributed by atoms with Gasteiger partial charge in [-0.2, -0.15) is 0 Å². The maximum Gasteiger partial charge on any atom is 0.134 e. The molecule has 0 radical (unpaired) electrons. The van der Waals surface area contributed by atoms with Crippen LogP contribution < -0.4 is 5.32 Å². The van der Waals surface area contributed by atoms with E-state index in [2.05, 4.69) is 22.2 Å². The first kappa shape index (κ1) is 11.6. The summed E-state index contributed by atoms with van der Waals surface area (Å²) in [7, 11) is 0. The Hall–Kier alpha value is -0.830. The second-order valence-corrected chi connectivity index (χ2v) is 5.02. The molecular weight excluding hydrogens is 222 g/mol. The van der Waals surface area contributed by atoms with E-state index in [1.165, 1.54) is 25.7 Å². The summed E-state index contributed by atoms with van der Waals surface area (Å²) in [5.74, 6) is 2.29. The lowest BCUT2D eigenvalue weighted by Crippen LogP contribution is -2.30. The minimum absolute atomic E-state index is 0.512. The molecule has 1 saturated carbocycles. The summed E-state index contributed by atoms with van der Waals surface area (Å²) < 4.78 is 0. The van der Waals surface area contributed by atoms with E-state index in [1.54, 1.807) is 6.07 Å². The highest BCUT2D eigenvalue weighted by molar-refractivity contribution is 6.29. The first-order valence-corrected chi connectivity index (χ1v) is 6.30. The number of hydrogen-bond acceptors (Lipinski definition) is 3. The molecule has 2 rings (SSSR count). The maximum absolute atomic E-state index is 5.91. The van der Waals surface area contributed by atoms with Gasteiger partial charge in [0.2, 0.25) is 0 Å². The Morgan fingerprint density at radius 3 is 2.75 bits per heavy atom. The van der Waals surface area contributed by atoms with Gasteiger partial charge in [-0.3, -0.25) is 0 Å². The number of nitrogens with one attached hydrogen (secondary N) is 1. The normalized spacial score (nSPS) is 25.4. The molecule has 0 unspecified atom stereocenters. The number of halogens is 1. The largest absolute Gasteiger partial charge is 0.367 e. The zero-order chi connectivity index (χ0) is 11.5. The number of hydrogen-bond donors (Lipinski definition) is 1. The molecular formula is C12H18ClN3. The van der Waals surface area contributed by atoms with Gasteiger partial charge in [0.05, 0.1) is 0 Å². The van der Waals surface area contributed by atoms with Gasteiger partial charge in [0, 0.05) is 12.1 Å². The van der Waals surface area contributed by atoms with E-state index in [-0.39, 0.29) is 0 Å². The van der Waals surface area contributed by atoms with E-state index in [0.717, 1.165) is 11.6 Å². The van der Waals surface area contributed by atoms with Crippen LogP contribution in [0.3, 0.4) is 0 Å². The number of rotatable bonds is 2. The Bertz CT molecular complexity index is 347. The fraction of sp³-hybridized carbons (Fsp3) is 0.667. The predicted molar refractivity (Wildman–Crippen MR) is 66.8 cm³/mol. The predicted octanol–water partition coefficient (Wildman–Crippen LogP) is 3.43. The molecule has 1 aromatic rings. The Morgan fingerprint density at radius 2 is 2.06 bits per heavy atom. The third kappa shape index (κ3) is 2.85. The zero-order valence-corrected chi connectivity index (χ0v) is 10.6. The van der Waals surface area contributed by atoms with Gasteiger partial charge in [-0.1, -0.05) is 31.4 Å². The lowest BCUT2D eigenvalue weighted by atomic mass is 9.86. The van der Waals surface area contributed by atoms with Gasteiger partial charge < -0.3 is 5.32 Å². The average molecular weight is 240 g/mol. The van der Waals surface area contributed by atoms with Crippen molar-refractivity contribution in [2.24, 2.45) is 5.92 Å². The molecule has 1 heterocycles. The molecule has 2 atom stereocenters. The van der Waals surface area contributed by atoms with E-state index in [1.807, 2.05) is 6.92 Å². The molecule has 1 aliphatic rings. The summed E-state index contributed by atoms with van der Waals surface area (Å²) in [5.41, 5.74) is 0. The van der Waals surface area contributed by atoms with Crippen LogP contribution in [0.25, 0.3) is 0 Å². The van der Waals surface area contributed by atoms with Crippen molar-refractivity contribution in [2.75, 3.05) is 5.32 Å². The topological polar surface area (TPSA) is 37.8 Å². The highest BCUT2D eigenvalue weighted by Gasteiger charge is 2.21. The number of aryl methyl sites for hydroxylation is 1. The molecule has 0 saturated heterocycles. The van der Waals surface area contributed by atoms with Gasteiger partial charge in [0.15, 0.2) is 0 Å². The standard InChI is InChI=1S/C12H18ClN3/c1-8-5-3-4-6-10(8)16-12-7-11(13)14-9(2)15-12/h7-8,10H,3-6H2,1-2H3,(H,14,15,16)/t8-,10+/m1/s1. The van der Waals surface area contributed by atoms with Gasteiger partial charge in [-0.05, 0) is 25.7 Å². The van der Waals surface area contributed by atoms with Crippen LogP contribution in [0.1, 0.15) is 38.4 Å². The average Bonchev–Trinajstić information content (AvgIpc) is 2.20. The first-order valence-electron chi connectivity index (χ1n) is 5.93. The lowest BCUT2D eigenvalue weighted by molar-refractivity contribution is 0.349. The van der Waals surface area contributed by atoms with Gasteiger partial charge in [0.1, 0.15) is 16.8 Å². The van der Waals surface area contributed by atoms with E-state index in [4.69, 9.17) is 11.6 Å². The molecule has 0 bridgehead atoms. The van der Waals surface area contributed by atoms with Crippen LogP contribution in [0.15, 0.2) is 6.07 Å². The smallest absolute Gasteiger partial charge is 0.134 e. The lowest BCUT2D eigenvalue weighted by Gasteiger charge is -2.29. The van der Waals surface area contributed by atoms with Crippen molar-refractivity contribution in [3.05, 3.63) is 17.0 Å². The van der Waals surface area contributed by atoms with Crippen molar-refractivity contribution in [2.45, 2.75) is 45.6 Å². The SMILES string of the molecule is Cc1nc(Cl)cc(N[C@H]2CCCC[C@H]2C)n1. The van der Waals surface area contributed by atoms with E-state index in [0.29, 0.717) is 17.1 Å². The van der Waals surface area contributed by atoms with Crippen LogP contribution in [0.4, 0.5) is 5.82 Å². The molecule has 0 spiro atoms. The Balaban J connectivity index is 2.07. The second-order valence-electron chi connectivity index (χ2n) is 4.64. The van der Waals surface area contributed by atoms with Crippen LogP contribution in [0.2, 0.25) is 5.15 Å². The van der Waals surface area contributed by atoms with Crippen LogP contribution >= 0.6 is 11.6 Å². The molecule has 3 nitrogen and oxygen atoms in total. The van der Waals surface area contributed by atoms with E-state index >= 15 is 0 Å². The Labute approximate surface area is 102 Å². The first-order chi connectivity index (χ1) is 7.65. The molecule has 4 heteroatoms. The van der Waals surface area contributed by atoms with Crippen molar-refractivity contribution < 1.29 is 0 Å².